The van der Waals surface area contributed by atoms with Crippen molar-refractivity contribution in [2.75, 3.05) is 0 Å². The van der Waals surface area contributed by atoms with E-state index in [0.29, 0.717) is 0 Å². The summed E-state index contributed by atoms with van der Waals surface area (Å²) in [7, 11) is -0.375. The molecule has 2 nitrogen and oxygen atoms in total. The number of hydrogen-bond acceptors (Lipinski definition) is 2. The Hall–Kier alpha value is 0.283. The van der Waals surface area contributed by atoms with E-state index in [1.165, 1.54) is 10.8 Å². The van der Waals surface area contributed by atoms with Gasteiger partial charge in [0.1, 0.15) is 0 Å². The maximum absolute atomic E-state index is 10.5. The number of hydrogen-bond donors (Lipinski definition) is 0. The second-order valence-electron chi connectivity index (χ2n) is 3.47. The van der Waals surface area contributed by atoms with Gasteiger partial charge in [-0.25, -0.2) is 0 Å². The molecule has 0 atom stereocenters. The van der Waals surface area contributed by atoms with Gasteiger partial charge in [-0.2, -0.15) is 0 Å². The van der Waals surface area contributed by atoms with Gasteiger partial charge in [0, 0.05) is 0 Å². The van der Waals surface area contributed by atoms with Crippen LogP contribution < -0.4 is 61.7 Å². The van der Waals surface area contributed by atoms with Crippen LogP contribution in [0.3, 0.4) is 0 Å². The van der Waals surface area contributed by atoms with Gasteiger partial charge in [0.15, 0.2) is 0 Å². The number of carboxylic acid groups (broad SMARTS) is 1. The second-order valence-corrected chi connectivity index (χ2v) is 5.10. The maximum Gasteiger partial charge on any atom is 1.00 e. The van der Waals surface area contributed by atoms with E-state index in [2.05, 4.69) is 19.5 Å². The SMILES string of the molecule is CC(C)=C[SiH2]c1ccc(C(=O)[O-])cc1.[K+]. The zero-order valence-electron chi connectivity index (χ0n) is 9.41. The van der Waals surface area contributed by atoms with Crippen molar-refractivity contribution >= 4 is 20.7 Å². The molecule has 15 heavy (non-hydrogen) atoms. The van der Waals surface area contributed by atoms with E-state index in [1.807, 2.05) is 12.1 Å². The minimum atomic E-state index is -1.11. The molecule has 0 fully saturated rings. The van der Waals surface area contributed by atoms with Gasteiger partial charge < -0.3 is 9.90 Å². The second kappa shape index (κ2) is 7.54. The molecule has 1 rings (SSSR count). The summed E-state index contributed by atoms with van der Waals surface area (Å²) in [6, 6.07) is 6.96. The Morgan fingerprint density at radius 1 is 1.27 bits per heavy atom. The molecule has 0 aliphatic rings. The Morgan fingerprint density at radius 2 is 1.80 bits per heavy atom. The third kappa shape index (κ3) is 5.80. The summed E-state index contributed by atoms with van der Waals surface area (Å²) in [5.41, 5.74) is 3.81. The average molecular weight is 244 g/mol. The molecule has 0 spiro atoms. The zero-order chi connectivity index (χ0) is 10.6. The molecule has 1 aromatic rings. The average Bonchev–Trinajstić information content (AvgIpc) is 2.15. The smallest absolute Gasteiger partial charge is 0.545 e. The summed E-state index contributed by atoms with van der Waals surface area (Å²) in [6.45, 7) is 4.14. The number of rotatable bonds is 3. The number of allylic oxidation sites excluding steroid dienone is 1. The number of aromatic carboxylic acids is 1. The van der Waals surface area contributed by atoms with Crippen LogP contribution in [0.5, 0.6) is 0 Å². The standard InChI is InChI=1S/C11H14O2Si.K/c1-8(2)7-14-10-5-3-9(4-6-10)11(12)13;/h3-7H,14H2,1-2H3,(H,12,13);/q;+1/p-1. The largest absolute Gasteiger partial charge is 1.00 e. The van der Waals surface area contributed by atoms with Crippen LogP contribution in [0.4, 0.5) is 0 Å². The molecule has 0 radical (unpaired) electrons. The van der Waals surface area contributed by atoms with Gasteiger partial charge in [0.25, 0.3) is 0 Å². The molecular formula is C11H13KO2Si. The van der Waals surface area contributed by atoms with E-state index in [1.54, 1.807) is 12.1 Å². The summed E-state index contributed by atoms with van der Waals surface area (Å²) in [5, 5.41) is 11.7. The molecule has 0 aliphatic carbocycles. The quantitative estimate of drug-likeness (QED) is 0.525. The predicted octanol–water partition coefficient (Wildman–Crippen LogP) is -3.23. The first-order chi connectivity index (χ1) is 6.59. The van der Waals surface area contributed by atoms with Crippen LogP contribution in [-0.2, 0) is 0 Å². The van der Waals surface area contributed by atoms with Crippen molar-refractivity contribution in [1.82, 2.24) is 0 Å². The first-order valence-electron chi connectivity index (χ1n) is 4.53. The normalized spacial score (nSPS) is 9.73. The number of carbonyl (C=O) groups is 1. The summed E-state index contributed by atoms with van der Waals surface area (Å²) in [6.07, 6.45) is 0. The Morgan fingerprint density at radius 3 is 2.20 bits per heavy atom. The van der Waals surface area contributed by atoms with Crippen LogP contribution in [0.2, 0.25) is 0 Å². The van der Waals surface area contributed by atoms with Gasteiger partial charge in [-0.15, -0.1) is 0 Å². The Bertz CT molecular complexity index is 353. The summed E-state index contributed by atoms with van der Waals surface area (Å²) < 4.78 is 0. The van der Waals surface area contributed by atoms with Crippen LogP contribution in [0.1, 0.15) is 24.2 Å². The predicted molar refractivity (Wildman–Crippen MR) is 58.4 cm³/mol. The zero-order valence-corrected chi connectivity index (χ0v) is 13.9. The first kappa shape index (κ1) is 15.3. The molecule has 4 heteroatoms. The summed E-state index contributed by atoms with van der Waals surface area (Å²) in [5.74, 6) is -1.11. The van der Waals surface area contributed by atoms with Gasteiger partial charge in [-0.3, -0.25) is 0 Å². The van der Waals surface area contributed by atoms with E-state index in [0.717, 1.165) is 0 Å². The van der Waals surface area contributed by atoms with Crippen molar-refractivity contribution < 1.29 is 61.3 Å². The Kier molecular flexibility index (Phi) is 7.68. The van der Waals surface area contributed by atoms with Crippen LogP contribution in [-0.4, -0.2) is 15.5 Å². The van der Waals surface area contributed by atoms with E-state index in [9.17, 15) is 9.90 Å². The van der Waals surface area contributed by atoms with Crippen molar-refractivity contribution in [3.05, 3.63) is 41.1 Å². The Balaban J connectivity index is 0.00000196. The van der Waals surface area contributed by atoms with Crippen LogP contribution in [0.15, 0.2) is 35.5 Å². The molecule has 0 aromatic heterocycles. The van der Waals surface area contributed by atoms with Gasteiger partial charge in [0.05, 0.1) is 15.5 Å². The van der Waals surface area contributed by atoms with Crippen molar-refractivity contribution in [3.8, 4) is 0 Å². The molecule has 0 amide bonds. The van der Waals surface area contributed by atoms with Crippen molar-refractivity contribution in [3.63, 3.8) is 0 Å². The van der Waals surface area contributed by atoms with Gasteiger partial charge in [-0.05, 0) is 19.4 Å². The van der Waals surface area contributed by atoms with E-state index in [4.69, 9.17) is 0 Å². The third-order valence-corrected chi connectivity index (χ3v) is 3.90. The minimum Gasteiger partial charge on any atom is -0.545 e. The number of benzene rings is 1. The molecule has 74 valence electrons. The van der Waals surface area contributed by atoms with Crippen LogP contribution in [0.25, 0.3) is 0 Å². The molecule has 1 aromatic carbocycles. The van der Waals surface area contributed by atoms with Crippen molar-refractivity contribution in [2.24, 2.45) is 0 Å². The van der Waals surface area contributed by atoms with Gasteiger partial charge >= 0.3 is 51.4 Å². The van der Waals surface area contributed by atoms with E-state index < -0.39 is 5.97 Å². The molecule has 0 bridgehead atoms. The van der Waals surface area contributed by atoms with Crippen molar-refractivity contribution in [1.29, 1.82) is 0 Å². The molecule has 0 saturated heterocycles. The maximum atomic E-state index is 10.5. The van der Waals surface area contributed by atoms with E-state index >= 15 is 0 Å². The first-order valence-corrected chi connectivity index (χ1v) is 6.05. The van der Waals surface area contributed by atoms with E-state index in [-0.39, 0.29) is 66.5 Å². The summed E-state index contributed by atoms with van der Waals surface area (Å²) >= 11 is 0. The summed E-state index contributed by atoms with van der Waals surface area (Å²) in [4.78, 5) is 10.5. The van der Waals surface area contributed by atoms with Gasteiger partial charge in [0.2, 0.25) is 0 Å². The van der Waals surface area contributed by atoms with Crippen molar-refractivity contribution in [2.45, 2.75) is 13.8 Å². The molecule has 0 aliphatic heterocycles. The fraction of sp³-hybridized carbons (Fsp3) is 0.182. The molecule has 0 unspecified atom stereocenters. The molecule has 0 saturated carbocycles. The fourth-order valence-electron chi connectivity index (χ4n) is 1.10. The topological polar surface area (TPSA) is 40.1 Å². The van der Waals surface area contributed by atoms with Crippen LogP contribution >= 0.6 is 0 Å². The third-order valence-electron chi connectivity index (χ3n) is 1.94. The monoisotopic (exact) mass is 244 g/mol. The number of carbonyl (C=O) groups excluding carboxylic acids is 1. The molecular weight excluding hydrogens is 231 g/mol. The van der Waals surface area contributed by atoms with Gasteiger partial charge in [-0.1, -0.05) is 40.7 Å². The Labute approximate surface area is 135 Å². The fourth-order valence-corrected chi connectivity index (χ4v) is 2.25. The van der Waals surface area contributed by atoms with Crippen LogP contribution in [0, 0.1) is 0 Å². The molecule has 0 N–H and O–H groups in total. The minimum absolute atomic E-state index is 0. The molecule has 0 heterocycles. The number of carboxylic acids is 1.